The number of hydrogen-bond donors (Lipinski definition) is 2. The van der Waals surface area contributed by atoms with E-state index in [9.17, 15) is 9.59 Å². The number of hydrogen-bond acceptors (Lipinski definition) is 4. The van der Waals surface area contributed by atoms with Gasteiger partial charge in [0.2, 0.25) is 11.8 Å². The van der Waals surface area contributed by atoms with Crippen molar-refractivity contribution in [2.75, 3.05) is 18.0 Å². The third-order valence-electron chi connectivity index (χ3n) is 5.52. The molecule has 0 saturated carbocycles. The lowest BCUT2D eigenvalue weighted by atomic mass is 9.90. The predicted molar refractivity (Wildman–Crippen MR) is 97.5 cm³/mol. The van der Waals surface area contributed by atoms with Gasteiger partial charge in [-0.25, -0.2) is 0 Å². The average Bonchev–Trinajstić information content (AvgIpc) is 2.92. The Hall–Kier alpha value is -2.34. The van der Waals surface area contributed by atoms with Crippen LogP contribution in [0.15, 0.2) is 24.4 Å². The van der Waals surface area contributed by atoms with E-state index >= 15 is 0 Å². The fourth-order valence-corrected chi connectivity index (χ4v) is 4.03. The van der Waals surface area contributed by atoms with Gasteiger partial charge in [0.05, 0.1) is 11.4 Å². The van der Waals surface area contributed by atoms with Crippen LogP contribution in [0.25, 0.3) is 10.9 Å². The Morgan fingerprint density at radius 1 is 1.16 bits per heavy atom. The van der Waals surface area contributed by atoms with Crippen LogP contribution in [0.4, 0.5) is 5.69 Å². The zero-order chi connectivity index (χ0) is 17.6. The zero-order valence-electron chi connectivity index (χ0n) is 14.5. The average molecular weight is 340 g/mol. The van der Waals surface area contributed by atoms with Crippen LogP contribution in [-0.2, 0) is 16.6 Å². The Bertz CT molecular complexity index is 833. The smallest absolute Gasteiger partial charge is 0.234 e. The first-order valence-corrected chi connectivity index (χ1v) is 8.96. The molecule has 6 nitrogen and oxygen atoms in total. The van der Waals surface area contributed by atoms with E-state index in [4.69, 9.17) is 5.73 Å². The van der Waals surface area contributed by atoms with Crippen LogP contribution in [-0.4, -0.2) is 35.5 Å². The Balaban J connectivity index is 1.67. The minimum Gasteiger partial charge on any atom is -0.371 e. The molecule has 1 aromatic carbocycles. The predicted octanol–water partition coefficient (Wildman–Crippen LogP) is 1.63. The van der Waals surface area contributed by atoms with Gasteiger partial charge in [-0.2, -0.15) is 0 Å². The van der Waals surface area contributed by atoms with E-state index in [0.717, 1.165) is 42.4 Å². The van der Waals surface area contributed by atoms with Gasteiger partial charge >= 0.3 is 0 Å². The maximum Gasteiger partial charge on any atom is 0.234 e. The molecule has 4 rings (SSSR count). The number of benzene rings is 1. The van der Waals surface area contributed by atoms with Gasteiger partial charge in [-0.15, -0.1) is 0 Å². The molecule has 0 radical (unpaired) electrons. The lowest BCUT2D eigenvalue weighted by Gasteiger charge is -2.32. The minimum atomic E-state index is -0.250. The van der Waals surface area contributed by atoms with Gasteiger partial charge in [0.1, 0.15) is 0 Å². The van der Waals surface area contributed by atoms with E-state index in [1.54, 1.807) is 0 Å². The van der Waals surface area contributed by atoms with Crippen molar-refractivity contribution in [2.24, 2.45) is 12.8 Å². The molecular weight excluding hydrogens is 316 g/mol. The van der Waals surface area contributed by atoms with Crippen LogP contribution >= 0.6 is 0 Å². The Kier molecular flexibility index (Phi) is 4.00. The zero-order valence-corrected chi connectivity index (χ0v) is 14.5. The molecule has 1 aromatic heterocycles. The number of imide groups is 1. The summed E-state index contributed by atoms with van der Waals surface area (Å²) in [6, 6.07) is 6.75. The molecule has 3 heterocycles. The van der Waals surface area contributed by atoms with Crippen LogP contribution in [0, 0.1) is 0 Å². The van der Waals surface area contributed by atoms with E-state index in [-0.39, 0.29) is 17.7 Å². The van der Waals surface area contributed by atoms with E-state index in [0.29, 0.717) is 18.9 Å². The second-order valence-corrected chi connectivity index (χ2v) is 7.22. The summed E-state index contributed by atoms with van der Waals surface area (Å²) < 4.78 is 2.08. The maximum absolute atomic E-state index is 12.2. The van der Waals surface area contributed by atoms with E-state index < -0.39 is 0 Å². The van der Waals surface area contributed by atoms with Crippen LogP contribution in [0.5, 0.6) is 0 Å². The Morgan fingerprint density at radius 2 is 1.92 bits per heavy atom. The fraction of sp³-hybridized carbons (Fsp3) is 0.474. The quantitative estimate of drug-likeness (QED) is 0.814. The number of carbonyl (C=O) groups is 2. The van der Waals surface area contributed by atoms with Crippen molar-refractivity contribution >= 4 is 28.4 Å². The Labute approximate surface area is 147 Å². The molecule has 2 aliphatic heterocycles. The van der Waals surface area contributed by atoms with E-state index in [1.165, 1.54) is 5.69 Å². The monoisotopic (exact) mass is 340 g/mol. The molecular formula is C19H24N4O2. The summed E-state index contributed by atoms with van der Waals surface area (Å²) in [6.07, 6.45) is 5.05. The van der Waals surface area contributed by atoms with Crippen molar-refractivity contribution < 1.29 is 9.59 Å². The topological polar surface area (TPSA) is 80.4 Å². The summed E-state index contributed by atoms with van der Waals surface area (Å²) in [4.78, 5) is 26.0. The molecule has 132 valence electrons. The number of rotatable bonds is 2. The fourth-order valence-electron chi connectivity index (χ4n) is 4.03. The molecule has 2 aromatic rings. The molecule has 25 heavy (non-hydrogen) atoms. The van der Waals surface area contributed by atoms with Crippen molar-refractivity contribution in [2.45, 2.75) is 37.6 Å². The summed E-state index contributed by atoms with van der Waals surface area (Å²) in [5, 5.41) is 3.55. The van der Waals surface area contributed by atoms with Crippen molar-refractivity contribution in [1.29, 1.82) is 0 Å². The van der Waals surface area contributed by atoms with Gasteiger partial charge in [0.15, 0.2) is 0 Å². The summed E-state index contributed by atoms with van der Waals surface area (Å²) in [5.41, 5.74) is 9.34. The van der Waals surface area contributed by atoms with Crippen LogP contribution in [0.1, 0.15) is 37.2 Å². The third kappa shape index (κ3) is 2.91. The first kappa shape index (κ1) is 16.1. The summed E-state index contributed by atoms with van der Waals surface area (Å²) in [6.45, 7) is 1.97. The number of nitrogens with one attached hydrogen (secondary N) is 1. The first-order chi connectivity index (χ1) is 12.0. The molecule has 6 heteroatoms. The SMILES string of the molecule is Cn1cc(C2CCC(=O)NC2=O)c2ccc(N3CCC(N)CC3)cc21. The molecule has 0 bridgehead atoms. The molecule has 0 aliphatic carbocycles. The van der Waals surface area contributed by atoms with Gasteiger partial charge in [-0.05, 0) is 37.0 Å². The highest BCUT2D eigenvalue weighted by Gasteiger charge is 2.30. The van der Waals surface area contributed by atoms with Crippen molar-refractivity contribution in [3.63, 3.8) is 0 Å². The minimum absolute atomic E-state index is 0.174. The standard InChI is InChI=1S/C19H24N4O2/c1-22-11-16(15-4-5-18(24)21-19(15)25)14-3-2-13(10-17(14)22)23-8-6-12(20)7-9-23/h2-3,10-12,15H,4-9,20H2,1H3,(H,21,24,25). The van der Waals surface area contributed by atoms with Crippen LogP contribution in [0.3, 0.4) is 0 Å². The number of carbonyl (C=O) groups excluding carboxylic acids is 2. The number of fused-ring (bicyclic) bond motifs is 1. The van der Waals surface area contributed by atoms with Crippen LogP contribution < -0.4 is 16.0 Å². The van der Waals surface area contributed by atoms with Crippen molar-refractivity contribution in [3.8, 4) is 0 Å². The van der Waals surface area contributed by atoms with E-state index in [1.807, 2.05) is 13.2 Å². The highest BCUT2D eigenvalue weighted by molar-refractivity contribution is 6.03. The molecule has 2 fully saturated rings. The Morgan fingerprint density at radius 3 is 2.64 bits per heavy atom. The number of amides is 2. The second-order valence-electron chi connectivity index (χ2n) is 7.22. The van der Waals surface area contributed by atoms with Crippen molar-refractivity contribution in [1.82, 2.24) is 9.88 Å². The molecule has 3 N–H and O–H groups in total. The van der Waals surface area contributed by atoms with Gasteiger partial charge in [-0.3, -0.25) is 14.9 Å². The summed E-state index contributed by atoms with van der Waals surface area (Å²) in [7, 11) is 2.01. The van der Waals surface area contributed by atoms with Gasteiger partial charge in [0.25, 0.3) is 0 Å². The molecule has 2 amide bonds. The van der Waals surface area contributed by atoms with Crippen molar-refractivity contribution in [3.05, 3.63) is 30.0 Å². The number of aryl methyl sites for hydroxylation is 1. The normalized spacial score (nSPS) is 22.5. The molecule has 1 atom stereocenters. The largest absolute Gasteiger partial charge is 0.371 e. The molecule has 0 spiro atoms. The lowest BCUT2D eigenvalue weighted by Crippen LogP contribution is -2.39. The second kappa shape index (κ2) is 6.19. The number of nitrogens with two attached hydrogens (primary N) is 1. The van der Waals surface area contributed by atoms with Gasteiger partial charge in [-0.1, -0.05) is 6.07 Å². The highest BCUT2D eigenvalue weighted by Crippen LogP contribution is 2.34. The summed E-state index contributed by atoms with van der Waals surface area (Å²) >= 11 is 0. The number of anilines is 1. The van der Waals surface area contributed by atoms with Crippen LogP contribution in [0.2, 0.25) is 0 Å². The number of aromatic nitrogens is 1. The molecule has 2 saturated heterocycles. The highest BCUT2D eigenvalue weighted by atomic mass is 16.2. The van der Waals surface area contributed by atoms with E-state index in [2.05, 4.69) is 33.0 Å². The maximum atomic E-state index is 12.2. The summed E-state index contributed by atoms with van der Waals surface area (Å²) in [5.74, 6) is -0.606. The molecule has 2 aliphatic rings. The number of piperidine rings is 2. The third-order valence-corrected chi connectivity index (χ3v) is 5.52. The van der Waals surface area contributed by atoms with Gasteiger partial charge in [0, 0.05) is 49.9 Å². The number of nitrogens with zero attached hydrogens (tertiary/aromatic N) is 2. The molecule has 1 unspecified atom stereocenters. The van der Waals surface area contributed by atoms with Gasteiger partial charge < -0.3 is 15.2 Å². The lowest BCUT2D eigenvalue weighted by molar-refractivity contribution is -0.134. The first-order valence-electron chi connectivity index (χ1n) is 8.96.